The molecule has 1 aliphatic carbocycles. The summed E-state index contributed by atoms with van der Waals surface area (Å²) < 4.78 is 14.0. The lowest BCUT2D eigenvalue weighted by molar-refractivity contribution is 0.414. The molecular weight excluding hydrogens is 251 g/mol. The van der Waals surface area contributed by atoms with Crippen molar-refractivity contribution in [3.05, 3.63) is 65.2 Å². The third-order valence-electron chi connectivity index (χ3n) is 4.26. The van der Waals surface area contributed by atoms with Crippen LogP contribution in [0.5, 0.6) is 0 Å². The fraction of sp³-hybridized carbons (Fsp3) is 0.353. The maximum absolute atomic E-state index is 14.0. The zero-order valence-corrected chi connectivity index (χ0v) is 11.6. The van der Waals surface area contributed by atoms with Crippen molar-refractivity contribution in [2.75, 3.05) is 7.05 Å². The van der Waals surface area contributed by atoms with Gasteiger partial charge >= 0.3 is 0 Å². The Hall–Kier alpha value is -1.74. The predicted molar refractivity (Wildman–Crippen MR) is 78.1 cm³/mol. The summed E-state index contributed by atoms with van der Waals surface area (Å²) in [4.78, 5) is 3.84. The standard InChI is InChI=1S/C17H19FN2/c1-19-17(15-9-10-20-11-16(15)18)14-8-3-2-7-13(14)12-5-4-6-12/h2-3,7-12,17,19H,4-6H2,1H3. The molecule has 3 heteroatoms. The van der Waals surface area contributed by atoms with E-state index >= 15 is 0 Å². The molecule has 0 amide bonds. The first-order valence-electron chi connectivity index (χ1n) is 7.16. The lowest BCUT2D eigenvalue weighted by atomic mass is 9.76. The molecule has 3 rings (SSSR count). The van der Waals surface area contributed by atoms with Crippen LogP contribution < -0.4 is 5.32 Å². The van der Waals surface area contributed by atoms with Crippen LogP contribution >= 0.6 is 0 Å². The summed E-state index contributed by atoms with van der Waals surface area (Å²) in [6, 6.07) is 10.0. The van der Waals surface area contributed by atoms with Crippen LogP contribution in [0.15, 0.2) is 42.7 Å². The van der Waals surface area contributed by atoms with Crippen molar-refractivity contribution in [2.45, 2.75) is 31.2 Å². The Morgan fingerprint density at radius 3 is 2.65 bits per heavy atom. The van der Waals surface area contributed by atoms with Gasteiger partial charge in [-0.1, -0.05) is 30.7 Å². The topological polar surface area (TPSA) is 24.9 Å². The van der Waals surface area contributed by atoms with Gasteiger partial charge in [0, 0.05) is 11.8 Å². The molecule has 2 aromatic rings. The minimum atomic E-state index is -0.254. The highest BCUT2D eigenvalue weighted by Gasteiger charge is 2.26. The Balaban J connectivity index is 2.03. The van der Waals surface area contributed by atoms with Crippen molar-refractivity contribution in [3.63, 3.8) is 0 Å². The van der Waals surface area contributed by atoms with E-state index in [2.05, 4.69) is 28.5 Å². The smallest absolute Gasteiger partial charge is 0.146 e. The Labute approximate surface area is 119 Å². The number of rotatable bonds is 4. The van der Waals surface area contributed by atoms with Crippen molar-refractivity contribution in [2.24, 2.45) is 0 Å². The first-order valence-corrected chi connectivity index (χ1v) is 7.16. The zero-order valence-electron chi connectivity index (χ0n) is 11.6. The first-order chi connectivity index (χ1) is 9.81. The van der Waals surface area contributed by atoms with Gasteiger partial charge in [-0.3, -0.25) is 4.98 Å². The fourth-order valence-electron chi connectivity index (χ4n) is 2.96. The van der Waals surface area contributed by atoms with E-state index in [1.54, 1.807) is 12.3 Å². The molecule has 1 aromatic heterocycles. The Bertz CT molecular complexity index is 593. The van der Waals surface area contributed by atoms with E-state index in [4.69, 9.17) is 0 Å². The molecule has 0 spiro atoms. The maximum Gasteiger partial charge on any atom is 0.146 e. The van der Waals surface area contributed by atoms with Gasteiger partial charge in [0.05, 0.1) is 12.2 Å². The molecule has 1 heterocycles. The Kier molecular flexibility index (Phi) is 3.79. The van der Waals surface area contributed by atoms with Crippen LogP contribution in [-0.2, 0) is 0 Å². The quantitative estimate of drug-likeness (QED) is 0.914. The number of nitrogens with one attached hydrogen (secondary N) is 1. The minimum absolute atomic E-state index is 0.116. The van der Waals surface area contributed by atoms with Crippen LogP contribution in [0.1, 0.15) is 47.9 Å². The molecule has 1 unspecified atom stereocenters. The molecular formula is C17H19FN2. The molecule has 20 heavy (non-hydrogen) atoms. The van der Waals surface area contributed by atoms with Gasteiger partial charge in [-0.15, -0.1) is 0 Å². The van der Waals surface area contributed by atoms with Crippen LogP contribution in [0.25, 0.3) is 0 Å². The molecule has 1 N–H and O–H groups in total. The number of nitrogens with zero attached hydrogens (tertiary/aromatic N) is 1. The van der Waals surface area contributed by atoms with Gasteiger partial charge < -0.3 is 5.32 Å². The molecule has 2 nitrogen and oxygen atoms in total. The minimum Gasteiger partial charge on any atom is -0.309 e. The zero-order chi connectivity index (χ0) is 13.9. The van der Waals surface area contributed by atoms with Crippen molar-refractivity contribution in [1.82, 2.24) is 10.3 Å². The van der Waals surface area contributed by atoms with Gasteiger partial charge in [-0.25, -0.2) is 4.39 Å². The third-order valence-corrected chi connectivity index (χ3v) is 4.26. The molecule has 0 radical (unpaired) electrons. The molecule has 104 valence electrons. The van der Waals surface area contributed by atoms with E-state index in [9.17, 15) is 4.39 Å². The van der Waals surface area contributed by atoms with Crippen LogP contribution in [0.2, 0.25) is 0 Å². The van der Waals surface area contributed by atoms with Crippen LogP contribution in [0.4, 0.5) is 4.39 Å². The second-order valence-corrected chi connectivity index (χ2v) is 5.38. The van der Waals surface area contributed by atoms with Gasteiger partial charge in [0.2, 0.25) is 0 Å². The SMILES string of the molecule is CNC(c1ccncc1F)c1ccccc1C1CCC1. The number of benzene rings is 1. The first kappa shape index (κ1) is 13.3. The fourth-order valence-corrected chi connectivity index (χ4v) is 2.96. The van der Waals surface area contributed by atoms with Crippen molar-refractivity contribution in [3.8, 4) is 0 Å². The van der Waals surface area contributed by atoms with E-state index in [1.165, 1.54) is 36.6 Å². The van der Waals surface area contributed by atoms with E-state index in [-0.39, 0.29) is 11.9 Å². The monoisotopic (exact) mass is 270 g/mol. The highest BCUT2D eigenvalue weighted by Crippen LogP contribution is 2.40. The molecule has 1 fully saturated rings. The average Bonchev–Trinajstić information content (AvgIpc) is 2.41. The largest absolute Gasteiger partial charge is 0.309 e. The molecule has 0 aliphatic heterocycles. The number of hydrogen-bond acceptors (Lipinski definition) is 2. The van der Waals surface area contributed by atoms with Gasteiger partial charge in [0.1, 0.15) is 5.82 Å². The third kappa shape index (κ3) is 2.34. The lowest BCUT2D eigenvalue weighted by Crippen LogP contribution is -2.22. The highest BCUT2D eigenvalue weighted by atomic mass is 19.1. The second-order valence-electron chi connectivity index (χ2n) is 5.38. The Morgan fingerprint density at radius 2 is 2.00 bits per heavy atom. The second kappa shape index (κ2) is 5.71. The number of aromatic nitrogens is 1. The van der Waals surface area contributed by atoms with Crippen LogP contribution in [0.3, 0.4) is 0 Å². The summed E-state index contributed by atoms with van der Waals surface area (Å²) in [7, 11) is 1.88. The van der Waals surface area contributed by atoms with Crippen LogP contribution in [-0.4, -0.2) is 12.0 Å². The van der Waals surface area contributed by atoms with Gasteiger partial charge in [-0.05, 0) is 43.0 Å². The normalized spacial score (nSPS) is 16.7. The number of halogens is 1. The molecule has 1 aliphatic rings. The summed E-state index contributed by atoms with van der Waals surface area (Å²) >= 11 is 0. The number of hydrogen-bond donors (Lipinski definition) is 1. The Morgan fingerprint density at radius 1 is 1.20 bits per heavy atom. The maximum atomic E-state index is 14.0. The summed E-state index contributed by atoms with van der Waals surface area (Å²) in [5.74, 6) is 0.377. The van der Waals surface area contributed by atoms with Gasteiger partial charge in [0.25, 0.3) is 0 Å². The number of pyridine rings is 1. The van der Waals surface area contributed by atoms with Gasteiger partial charge in [-0.2, -0.15) is 0 Å². The van der Waals surface area contributed by atoms with E-state index < -0.39 is 0 Å². The summed E-state index contributed by atoms with van der Waals surface area (Å²) in [5.41, 5.74) is 3.20. The van der Waals surface area contributed by atoms with E-state index in [0.717, 1.165) is 0 Å². The van der Waals surface area contributed by atoms with E-state index in [0.29, 0.717) is 11.5 Å². The lowest BCUT2D eigenvalue weighted by Gasteiger charge is -2.30. The van der Waals surface area contributed by atoms with E-state index in [1.807, 2.05) is 13.1 Å². The molecule has 0 saturated heterocycles. The van der Waals surface area contributed by atoms with Crippen molar-refractivity contribution in [1.29, 1.82) is 0 Å². The van der Waals surface area contributed by atoms with Crippen LogP contribution in [0, 0.1) is 5.82 Å². The summed E-state index contributed by atoms with van der Waals surface area (Å²) in [6.07, 6.45) is 6.71. The van der Waals surface area contributed by atoms with Gasteiger partial charge in [0.15, 0.2) is 0 Å². The molecule has 0 bridgehead atoms. The molecule has 1 aromatic carbocycles. The van der Waals surface area contributed by atoms with Crippen molar-refractivity contribution >= 4 is 0 Å². The summed E-state index contributed by atoms with van der Waals surface area (Å²) in [6.45, 7) is 0. The van der Waals surface area contributed by atoms with Crippen molar-refractivity contribution < 1.29 is 4.39 Å². The predicted octanol–water partition coefficient (Wildman–Crippen LogP) is 3.80. The molecule has 1 saturated carbocycles. The molecule has 1 atom stereocenters. The summed E-state index contributed by atoms with van der Waals surface area (Å²) in [5, 5.41) is 3.25. The average molecular weight is 270 g/mol. The highest BCUT2D eigenvalue weighted by molar-refractivity contribution is 5.39.